The third kappa shape index (κ3) is 1.97. The summed E-state index contributed by atoms with van der Waals surface area (Å²) in [7, 11) is 0. The maximum Gasteiger partial charge on any atom is 0.167 e. The van der Waals surface area contributed by atoms with Gasteiger partial charge in [0.25, 0.3) is 0 Å². The Hall–Kier alpha value is -2.96. The molecule has 3 aromatic heterocycles. The van der Waals surface area contributed by atoms with E-state index in [2.05, 4.69) is 19.9 Å². The number of rotatable bonds is 2. The predicted octanol–water partition coefficient (Wildman–Crippen LogP) is 1.36. The summed E-state index contributed by atoms with van der Waals surface area (Å²) in [5, 5.41) is 0. The van der Waals surface area contributed by atoms with Crippen molar-refractivity contribution in [2.45, 2.75) is 0 Å². The first-order chi connectivity index (χ1) is 9.25. The zero-order valence-electron chi connectivity index (χ0n) is 9.82. The molecule has 0 atom stereocenters. The Kier molecular flexibility index (Phi) is 2.57. The summed E-state index contributed by atoms with van der Waals surface area (Å²) >= 11 is 0. The van der Waals surface area contributed by atoms with Crippen LogP contribution in [-0.4, -0.2) is 19.9 Å². The molecule has 4 N–H and O–H groups in total. The average Bonchev–Trinajstić information content (AvgIpc) is 2.96. The van der Waals surface area contributed by atoms with Gasteiger partial charge in [0.1, 0.15) is 17.7 Å². The molecule has 0 radical (unpaired) electrons. The van der Waals surface area contributed by atoms with Crippen LogP contribution in [0.4, 0.5) is 11.6 Å². The van der Waals surface area contributed by atoms with Gasteiger partial charge in [-0.2, -0.15) is 0 Å². The zero-order valence-corrected chi connectivity index (χ0v) is 9.82. The molecule has 0 fully saturated rings. The summed E-state index contributed by atoms with van der Waals surface area (Å²) in [5.41, 5.74) is 13.0. The second kappa shape index (κ2) is 4.37. The number of aromatic nitrogens is 4. The molecule has 0 spiro atoms. The highest BCUT2D eigenvalue weighted by molar-refractivity contribution is 5.76. The summed E-state index contributed by atoms with van der Waals surface area (Å²) in [5.74, 6) is 0.862. The van der Waals surface area contributed by atoms with Gasteiger partial charge < -0.3 is 15.9 Å². The highest BCUT2D eigenvalue weighted by Gasteiger charge is 2.16. The Morgan fingerprint density at radius 3 is 2.42 bits per heavy atom. The highest BCUT2D eigenvalue weighted by atomic mass is 16.3. The molecule has 0 saturated carbocycles. The minimum absolute atomic E-state index is 0.156. The van der Waals surface area contributed by atoms with Crippen molar-refractivity contribution in [1.29, 1.82) is 0 Å². The summed E-state index contributed by atoms with van der Waals surface area (Å²) in [6.45, 7) is 0. The van der Waals surface area contributed by atoms with Crippen LogP contribution in [0.5, 0.6) is 0 Å². The van der Waals surface area contributed by atoms with E-state index >= 15 is 0 Å². The van der Waals surface area contributed by atoms with E-state index in [4.69, 9.17) is 15.9 Å². The van der Waals surface area contributed by atoms with E-state index in [1.807, 2.05) is 0 Å². The van der Waals surface area contributed by atoms with Crippen molar-refractivity contribution in [3.8, 4) is 22.8 Å². The fourth-order valence-corrected chi connectivity index (χ4v) is 1.66. The van der Waals surface area contributed by atoms with E-state index in [9.17, 15) is 0 Å². The van der Waals surface area contributed by atoms with Crippen LogP contribution in [0.15, 0.2) is 41.4 Å². The molecule has 3 aromatic rings. The molecule has 0 bridgehead atoms. The second-order valence-corrected chi connectivity index (χ2v) is 3.76. The van der Waals surface area contributed by atoms with Gasteiger partial charge in [0.05, 0.1) is 12.0 Å². The van der Waals surface area contributed by atoms with Crippen molar-refractivity contribution in [2.75, 3.05) is 11.5 Å². The maximum atomic E-state index is 5.71. The van der Waals surface area contributed by atoms with Gasteiger partial charge in [-0.05, 0) is 18.2 Å². The van der Waals surface area contributed by atoms with Crippen molar-refractivity contribution in [1.82, 2.24) is 19.9 Å². The normalized spacial score (nSPS) is 10.5. The van der Waals surface area contributed by atoms with E-state index in [-0.39, 0.29) is 11.6 Å². The van der Waals surface area contributed by atoms with Crippen LogP contribution >= 0.6 is 0 Å². The van der Waals surface area contributed by atoms with E-state index in [1.165, 1.54) is 6.33 Å². The number of anilines is 2. The van der Waals surface area contributed by atoms with Gasteiger partial charge in [-0.1, -0.05) is 0 Å². The summed E-state index contributed by atoms with van der Waals surface area (Å²) in [6.07, 6.45) is 4.59. The molecule has 0 aliphatic heterocycles. The third-order valence-corrected chi connectivity index (χ3v) is 2.53. The lowest BCUT2D eigenvalue weighted by Gasteiger charge is -2.07. The first-order valence-electron chi connectivity index (χ1n) is 5.49. The molecule has 0 aromatic carbocycles. The fraction of sp³-hybridized carbons (Fsp3) is 0. The van der Waals surface area contributed by atoms with Crippen LogP contribution < -0.4 is 11.5 Å². The Morgan fingerprint density at radius 2 is 1.79 bits per heavy atom. The molecular weight excluding hydrogens is 244 g/mol. The Bertz CT molecular complexity index is 696. The molecule has 7 heteroatoms. The van der Waals surface area contributed by atoms with E-state index in [0.717, 1.165) is 0 Å². The quantitative estimate of drug-likeness (QED) is 0.708. The smallest absolute Gasteiger partial charge is 0.167 e. The highest BCUT2D eigenvalue weighted by Crippen LogP contribution is 2.30. The van der Waals surface area contributed by atoms with Crippen molar-refractivity contribution >= 4 is 11.6 Å². The summed E-state index contributed by atoms with van der Waals surface area (Å²) < 4.78 is 5.33. The second-order valence-electron chi connectivity index (χ2n) is 3.76. The largest absolute Gasteiger partial charge is 0.463 e. The summed E-state index contributed by atoms with van der Waals surface area (Å²) in [4.78, 5) is 16.5. The fourth-order valence-electron chi connectivity index (χ4n) is 1.66. The molecule has 0 aliphatic carbocycles. The lowest BCUT2D eigenvalue weighted by atomic mass is 10.2. The van der Waals surface area contributed by atoms with Gasteiger partial charge in [0, 0.05) is 6.20 Å². The number of hydrogen-bond donors (Lipinski definition) is 2. The molecule has 3 heterocycles. The van der Waals surface area contributed by atoms with Crippen LogP contribution in [-0.2, 0) is 0 Å². The molecule has 0 unspecified atom stereocenters. The van der Waals surface area contributed by atoms with Gasteiger partial charge in [0.15, 0.2) is 17.4 Å². The number of nitrogen functional groups attached to an aromatic ring is 2. The SMILES string of the molecule is Nc1nc(-c2ccncn2)c(-c2ccco2)nc1N. The topological polar surface area (TPSA) is 117 Å². The van der Waals surface area contributed by atoms with Crippen molar-refractivity contribution < 1.29 is 4.42 Å². The van der Waals surface area contributed by atoms with Gasteiger partial charge in [-0.15, -0.1) is 0 Å². The van der Waals surface area contributed by atoms with Crippen molar-refractivity contribution in [3.05, 3.63) is 37.0 Å². The van der Waals surface area contributed by atoms with Crippen LogP contribution in [0.3, 0.4) is 0 Å². The average molecular weight is 254 g/mol. The van der Waals surface area contributed by atoms with Crippen molar-refractivity contribution in [2.24, 2.45) is 0 Å². The lowest BCUT2D eigenvalue weighted by Crippen LogP contribution is -2.05. The molecule has 19 heavy (non-hydrogen) atoms. The number of furan rings is 1. The molecule has 0 aliphatic rings. The van der Waals surface area contributed by atoms with Gasteiger partial charge >= 0.3 is 0 Å². The molecule has 0 saturated heterocycles. The maximum absolute atomic E-state index is 5.71. The van der Waals surface area contributed by atoms with Crippen molar-refractivity contribution in [3.63, 3.8) is 0 Å². The van der Waals surface area contributed by atoms with Gasteiger partial charge in [-0.3, -0.25) is 0 Å². The minimum Gasteiger partial charge on any atom is -0.463 e. The number of nitrogens with two attached hydrogens (primary N) is 2. The van der Waals surface area contributed by atoms with E-state index in [0.29, 0.717) is 22.8 Å². The van der Waals surface area contributed by atoms with Crippen LogP contribution in [0.25, 0.3) is 22.8 Å². The monoisotopic (exact) mass is 254 g/mol. The first kappa shape index (κ1) is 11.1. The van der Waals surface area contributed by atoms with Gasteiger partial charge in [-0.25, -0.2) is 19.9 Å². The van der Waals surface area contributed by atoms with Crippen LogP contribution in [0.2, 0.25) is 0 Å². The molecule has 7 nitrogen and oxygen atoms in total. The summed E-state index contributed by atoms with van der Waals surface area (Å²) in [6, 6.07) is 5.24. The Labute approximate surface area is 108 Å². The van der Waals surface area contributed by atoms with Crippen LogP contribution in [0.1, 0.15) is 0 Å². The molecular formula is C12H10N6O. The zero-order chi connectivity index (χ0) is 13.2. The standard InChI is InChI=1S/C12H10N6O/c13-11-12(14)18-10(8-2-1-5-19-8)9(17-11)7-3-4-15-6-16-7/h1-6H,(H2,13,17)(H2,14,18). The Balaban J connectivity index is 2.26. The van der Waals surface area contributed by atoms with E-state index in [1.54, 1.807) is 30.7 Å². The molecule has 94 valence electrons. The van der Waals surface area contributed by atoms with Crippen LogP contribution in [0, 0.1) is 0 Å². The molecule has 3 rings (SSSR count). The third-order valence-electron chi connectivity index (χ3n) is 2.53. The Morgan fingerprint density at radius 1 is 1.00 bits per heavy atom. The minimum atomic E-state index is 0.156. The number of nitrogens with zero attached hydrogens (tertiary/aromatic N) is 4. The van der Waals surface area contributed by atoms with Gasteiger partial charge in [0.2, 0.25) is 0 Å². The molecule has 0 amide bonds. The first-order valence-corrected chi connectivity index (χ1v) is 5.49. The number of hydrogen-bond acceptors (Lipinski definition) is 7. The predicted molar refractivity (Wildman–Crippen MR) is 69.6 cm³/mol. The lowest BCUT2D eigenvalue weighted by molar-refractivity contribution is 0.580. The van der Waals surface area contributed by atoms with E-state index < -0.39 is 0 Å².